The van der Waals surface area contributed by atoms with E-state index in [9.17, 15) is 29.1 Å². The molecule has 0 aliphatic carbocycles. The van der Waals surface area contributed by atoms with Crippen molar-refractivity contribution in [3.8, 4) is 22.8 Å². The number of alkyl carbamates (subject to hydrolysis) is 1. The molecule has 2 aliphatic heterocycles. The lowest BCUT2D eigenvalue weighted by atomic mass is 10.0. The van der Waals surface area contributed by atoms with Gasteiger partial charge in [0.1, 0.15) is 23.9 Å². The van der Waals surface area contributed by atoms with Gasteiger partial charge in [0.25, 0.3) is 11.8 Å². The summed E-state index contributed by atoms with van der Waals surface area (Å²) in [7, 11) is 2.61. The van der Waals surface area contributed by atoms with Gasteiger partial charge in [-0.3, -0.25) is 19.3 Å². The van der Waals surface area contributed by atoms with E-state index in [-0.39, 0.29) is 17.9 Å². The topological polar surface area (TPSA) is 203 Å². The lowest BCUT2D eigenvalue weighted by molar-refractivity contribution is -0.140. The Balaban J connectivity index is 0.978. The number of hydrogen-bond donors (Lipinski definition) is 4. The van der Waals surface area contributed by atoms with E-state index in [0.717, 1.165) is 28.0 Å². The predicted octanol–water partition coefficient (Wildman–Crippen LogP) is 7.23. The lowest BCUT2D eigenvalue weighted by Crippen LogP contribution is -2.49. The third-order valence-corrected chi connectivity index (χ3v) is 11.6. The number of benzene rings is 4. The molecule has 0 radical (unpaired) electrons. The summed E-state index contributed by atoms with van der Waals surface area (Å²) < 4.78 is 11.1. The first kappa shape index (κ1) is 41.3. The van der Waals surface area contributed by atoms with Crippen molar-refractivity contribution < 1.29 is 38.2 Å². The third kappa shape index (κ3) is 8.31. The summed E-state index contributed by atoms with van der Waals surface area (Å²) in [5.41, 5.74) is 5.27. The number of oxazole rings is 1. The van der Waals surface area contributed by atoms with Gasteiger partial charge in [0.05, 0.1) is 30.4 Å². The number of imidazole rings is 1. The molecule has 16 nitrogen and oxygen atoms in total. The first-order valence-electron chi connectivity index (χ1n) is 20.4. The summed E-state index contributed by atoms with van der Waals surface area (Å²) in [6.45, 7) is 2.69. The monoisotopic (exact) mass is 838 g/mol. The number of carbonyl (C=O) groups excluding carboxylic acids is 4. The van der Waals surface area contributed by atoms with Crippen LogP contribution in [0.15, 0.2) is 108 Å². The van der Waals surface area contributed by atoms with Gasteiger partial charge in [-0.25, -0.2) is 19.6 Å². The van der Waals surface area contributed by atoms with E-state index in [1.165, 1.54) is 19.1 Å². The number of carboxylic acid groups (broad SMARTS) is 1. The van der Waals surface area contributed by atoms with Crippen LogP contribution in [0.5, 0.6) is 0 Å². The quantitative estimate of drug-likeness (QED) is 0.103. The minimum atomic E-state index is -1.25. The molecule has 4 heterocycles. The molecule has 4 aromatic carbocycles. The van der Waals surface area contributed by atoms with E-state index in [1.54, 1.807) is 59.6 Å². The number of aromatic amines is 1. The average Bonchev–Trinajstić information content (AvgIpc) is 4.13. The highest BCUT2D eigenvalue weighted by Crippen LogP contribution is 2.36. The largest absolute Gasteiger partial charge is 0.465 e. The molecule has 2 aromatic heterocycles. The number of ether oxygens (including phenoxy) is 1. The van der Waals surface area contributed by atoms with E-state index in [0.29, 0.717) is 77.7 Å². The molecule has 6 aromatic rings. The van der Waals surface area contributed by atoms with Gasteiger partial charge in [0.15, 0.2) is 5.76 Å². The molecule has 2 aliphatic rings. The molecule has 0 bridgehead atoms. The molecule has 62 heavy (non-hydrogen) atoms. The summed E-state index contributed by atoms with van der Waals surface area (Å²) in [5.74, 6) is 0.361. The molecule has 2 saturated heterocycles. The van der Waals surface area contributed by atoms with E-state index >= 15 is 0 Å². The number of aryl methyl sites for hydroxylation is 1. The Bertz CT molecular complexity index is 2630. The molecule has 0 saturated carbocycles. The number of likely N-dealkylation sites (tertiary alicyclic amines) is 2. The number of anilines is 1. The first-order valence-corrected chi connectivity index (χ1v) is 20.4. The van der Waals surface area contributed by atoms with Crippen molar-refractivity contribution in [2.75, 3.05) is 32.6 Å². The van der Waals surface area contributed by atoms with Gasteiger partial charge in [0.2, 0.25) is 11.8 Å². The van der Waals surface area contributed by atoms with E-state index in [2.05, 4.69) is 20.6 Å². The van der Waals surface area contributed by atoms with Gasteiger partial charge in [-0.2, -0.15) is 0 Å². The number of rotatable bonds is 11. The van der Waals surface area contributed by atoms with Crippen LogP contribution >= 0.6 is 0 Å². The zero-order valence-electron chi connectivity index (χ0n) is 34.4. The van der Waals surface area contributed by atoms with Crippen molar-refractivity contribution in [3.63, 3.8) is 0 Å². The number of H-pyrrole nitrogens is 1. The Morgan fingerprint density at radius 1 is 0.871 bits per heavy atom. The van der Waals surface area contributed by atoms with Crippen LogP contribution in [0.1, 0.15) is 66.3 Å². The Morgan fingerprint density at radius 3 is 2.29 bits per heavy atom. The number of nitrogens with one attached hydrogen (secondary N) is 3. The number of amides is 5. The lowest BCUT2D eigenvalue weighted by Gasteiger charge is -2.32. The summed E-state index contributed by atoms with van der Waals surface area (Å²) in [4.78, 5) is 83.1. The number of hydrogen-bond acceptors (Lipinski definition) is 9. The second-order valence-electron chi connectivity index (χ2n) is 15.5. The Morgan fingerprint density at radius 2 is 1.56 bits per heavy atom. The smallest absolute Gasteiger partial charge is 0.407 e. The molecular weight excluding hydrogens is 793 g/mol. The fourth-order valence-electron chi connectivity index (χ4n) is 8.31. The Labute approximate surface area is 356 Å². The highest BCUT2D eigenvalue weighted by molar-refractivity contribution is 5.99. The van der Waals surface area contributed by atoms with Crippen molar-refractivity contribution in [3.05, 3.63) is 126 Å². The molecule has 2 fully saturated rings. The summed E-state index contributed by atoms with van der Waals surface area (Å²) in [6.07, 6.45) is 2.15. The van der Waals surface area contributed by atoms with Crippen LogP contribution in [0.3, 0.4) is 0 Å². The molecule has 16 heteroatoms. The average molecular weight is 839 g/mol. The number of aromatic nitrogens is 3. The molecule has 4 N–H and O–H groups in total. The second-order valence-corrected chi connectivity index (χ2v) is 15.5. The van der Waals surface area contributed by atoms with E-state index < -0.39 is 36.2 Å². The fraction of sp³-hybridized carbons (Fsp3) is 0.283. The molecule has 318 valence electrons. The maximum absolute atomic E-state index is 14.0. The van der Waals surface area contributed by atoms with Gasteiger partial charge < -0.3 is 39.7 Å². The summed E-state index contributed by atoms with van der Waals surface area (Å²) in [6, 6.07) is 25.7. The van der Waals surface area contributed by atoms with Crippen LogP contribution in [-0.4, -0.2) is 98.0 Å². The Kier molecular flexibility index (Phi) is 11.7. The number of fused-ring (bicyclic) bond motifs is 1. The number of carbonyl (C=O) groups is 5. The standard InChI is InChI=1S/C46H46N8O8/c1-27-18-19-31(25-33(27)50-41(55)36-17-11-23-54(36)44(57)39(52(2)46(59)60)29-14-8-5-9-15-29)42-47-26-37(62-42)30-20-21-32-34(24-30)49-40(48-32)35-16-10-22-53(35)43(56)38(51-45(58)61-3)28-12-6-4-7-13-28/h4-9,12-15,18-21,24-26,35-36,38-39H,10-11,16-17,22-23H2,1-3H3,(H,48,49)(H,50,55)(H,51,58)(H,59,60)/t35?,36-,38+,39+/m0/s1. The van der Waals surface area contributed by atoms with Crippen LogP contribution in [0.2, 0.25) is 0 Å². The van der Waals surface area contributed by atoms with Crippen molar-refractivity contribution in [1.29, 1.82) is 0 Å². The normalized spacial score (nSPS) is 17.1. The van der Waals surface area contributed by atoms with Gasteiger partial charge in [0, 0.05) is 37.0 Å². The van der Waals surface area contributed by atoms with Crippen molar-refractivity contribution >= 4 is 46.6 Å². The first-order chi connectivity index (χ1) is 30.0. The van der Waals surface area contributed by atoms with E-state index in [1.807, 2.05) is 55.5 Å². The zero-order chi connectivity index (χ0) is 43.5. The highest BCUT2D eigenvalue weighted by Gasteiger charge is 2.41. The van der Waals surface area contributed by atoms with Crippen LogP contribution in [0.4, 0.5) is 15.3 Å². The van der Waals surface area contributed by atoms with Crippen LogP contribution < -0.4 is 10.6 Å². The van der Waals surface area contributed by atoms with Crippen molar-refractivity contribution in [1.82, 2.24) is 35.0 Å². The highest BCUT2D eigenvalue weighted by atomic mass is 16.5. The molecular formula is C46H46N8O8. The molecule has 4 atom stereocenters. The second kappa shape index (κ2) is 17.6. The van der Waals surface area contributed by atoms with Crippen molar-refractivity contribution in [2.45, 2.75) is 56.8 Å². The van der Waals surface area contributed by atoms with E-state index in [4.69, 9.17) is 14.1 Å². The Hall–Kier alpha value is -7.49. The molecule has 5 amide bonds. The van der Waals surface area contributed by atoms with Crippen molar-refractivity contribution in [2.24, 2.45) is 0 Å². The third-order valence-electron chi connectivity index (χ3n) is 11.6. The minimum Gasteiger partial charge on any atom is -0.465 e. The fourth-order valence-corrected chi connectivity index (χ4v) is 8.31. The summed E-state index contributed by atoms with van der Waals surface area (Å²) >= 11 is 0. The maximum Gasteiger partial charge on any atom is 0.407 e. The molecule has 8 rings (SSSR count). The predicted molar refractivity (Wildman–Crippen MR) is 229 cm³/mol. The summed E-state index contributed by atoms with van der Waals surface area (Å²) in [5, 5.41) is 15.5. The minimum absolute atomic E-state index is 0.258. The SMILES string of the molecule is COC(=O)N[C@@H](C(=O)N1CCCC1c1nc2cc(-c3cnc(-c4ccc(C)c(NC(=O)[C@@H]5CCCN5C(=O)[C@@H](c5ccccc5)N(C)C(=O)O)c4)o3)ccc2[nH]1)c1ccccc1. The number of methoxy groups -OCH3 is 1. The van der Waals surface area contributed by atoms with Crippen LogP contribution in [-0.2, 0) is 19.1 Å². The van der Waals surface area contributed by atoms with Gasteiger partial charge in [-0.1, -0.05) is 66.7 Å². The van der Waals surface area contributed by atoms with Crippen LogP contribution in [0, 0.1) is 6.92 Å². The maximum atomic E-state index is 14.0. The number of nitrogens with zero attached hydrogens (tertiary/aromatic N) is 5. The van der Waals surface area contributed by atoms with Gasteiger partial charge in [-0.15, -0.1) is 0 Å². The zero-order valence-corrected chi connectivity index (χ0v) is 34.4. The molecule has 0 spiro atoms. The van der Waals surface area contributed by atoms with Crippen LogP contribution in [0.25, 0.3) is 33.8 Å². The molecule has 1 unspecified atom stereocenters. The number of likely N-dealkylation sites (N-methyl/N-ethyl adjacent to an activating group) is 1. The van der Waals surface area contributed by atoms with Gasteiger partial charge in [-0.05, 0) is 79.6 Å². The van der Waals surface area contributed by atoms with Gasteiger partial charge >= 0.3 is 12.2 Å².